The Morgan fingerprint density at radius 3 is 2.21 bits per heavy atom. The van der Waals surface area contributed by atoms with Gasteiger partial charge in [0.05, 0.1) is 6.10 Å². The van der Waals surface area contributed by atoms with Crippen LogP contribution in [-0.2, 0) is 20.8 Å². The molecule has 0 aliphatic heterocycles. The van der Waals surface area contributed by atoms with Crippen molar-refractivity contribution in [3.63, 3.8) is 0 Å². The number of methoxy groups -OCH3 is 2. The van der Waals surface area contributed by atoms with Gasteiger partial charge in [0.1, 0.15) is 12.7 Å². The van der Waals surface area contributed by atoms with Crippen LogP contribution < -0.4 is 5.32 Å². The average Bonchev–Trinajstić information content (AvgIpc) is 2.73. The highest BCUT2D eigenvalue weighted by atomic mass is 16.7. The van der Waals surface area contributed by atoms with E-state index in [0.717, 1.165) is 5.56 Å². The van der Waals surface area contributed by atoms with Crippen LogP contribution in [0.25, 0.3) is 0 Å². The molecule has 0 bridgehead atoms. The zero-order chi connectivity index (χ0) is 20.4. The molecule has 0 fully saturated rings. The standard InChI is InChI=1S/C21H27NO6/c1-26-20(27-2)17-11-7-6-10-16(17)19(24)18(23)12-13-22-21(25)28-14-15-8-4-3-5-9-15/h3-11,18-20,23-24H,12-14H2,1-2H3,(H,22,25). The van der Waals surface area contributed by atoms with Gasteiger partial charge in [-0.3, -0.25) is 0 Å². The van der Waals surface area contributed by atoms with E-state index >= 15 is 0 Å². The molecule has 0 aliphatic rings. The van der Waals surface area contributed by atoms with Crippen LogP contribution in [0, 0.1) is 0 Å². The lowest BCUT2D eigenvalue weighted by molar-refractivity contribution is -0.108. The molecule has 0 aromatic heterocycles. The Hall–Kier alpha value is -2.45. The van der Waals surface area contributed by atoms with Crippen LogP contribution in [-0.4, -0.2) is 43.2 Å². The van der Waals surface area contributed by atoms with E-state index in [-0.39, 0.29) is 19.6 Å². The van der Waals surface area contributed by atoms with Crippen LogP contribution in [0.2, 0.25) is 0 Å². The van der Waals surface area contributed by atoms with Gasteiger partial charge in [0.25, 0.3) is 0 Å². The van der Waals surface area contributed by atoms with Crippen LogP contribution in [0.5, 0.6) is 0 Å². The molecule has 3 N–H and O–H groups in total. The van der Waals surface area contributed by atoms with Crippen molar-refractivity contribution in [2.24, 2.45) is 0 Å². The summed E-state index contributed by atoms with van der Waals surface area (Å²) >= 11 is 0. The lowest BCUT2D eigenvalue weighted by atomic mass is 9.96. The largest absolute Gasteiger partial charge is 0.445 e. The zero-order valence-electron chi connectivity index (χ0n) is 16.1. The van der Waals surface area contributed by atoms with E-state index < -0.39 is 24.6 Å². The fourth-order valence-corrected chi connectivity index (χ4v) is 2.81. The van der Waals surface area contributed by atoms with Crippen molar-refractivity contribution in [2.45, 2.75) is 31.5 Å². The van der Waals surface area contributed by atoms with E-state index in [1.165, 1.54) is 14.2 Å². The average molecular weight is 389 g/mol. The number of ether oxygens (including phenoxy) is 3. The van der Waals surface area contributed by atoms with Crippen molar-refractivity contribution in [1.82, 2.24) is 5.32 Å². The van der Waals surface area contributed by atoms with Crippen LogP contribution in [0.1, 0.15) is 35.5 Å². The molecule has 152 valence electrons. The van der Waals surface area contributed by atoms with Gasteiger partial charge >= 0.3 is 6.09 Å². The van der Waals surface area contributed by atoms with Crippen molar-refractivity contribution >= 4 is 6.09 Å². The van der Waals surface area contributed by atoms with E-state index in [2.05, 4.69) is 5.32 Å². The molecule has 0 saturated heterocycles. The first-order valence-electron chi connectivity index (χ1n) is 9.02. The van der Waals surface area contributed by atoms with Crippen LogP contribution in [0.15, 0.2) is 54.6 Å². The van der Waals surface area contributed by atoms with Gasteiger partial charge in [-0.2, -0.15) is 0 Å². The minimum Gasteiger partial charge on any atom is -0.445 e. The van der Waals surface area contributed by atoms with Gasteiger partial charge < -0.3 is 29.7 Å². The van der Waals surface area contributed by atoms with Gasteiger partial charge in [-0.1, -0.05) is 54.6 Å². The quantitative estimate of drug-likeness (QED) is 0.541. The highest BCUT2D eigenvalue weighted by Gasteiger charge is 2.24. The molecule has 0 radical (unpaired) electrons. The number of nitrogens with one attached hydrogen (secondary N) is 1. The number of aliphatic hydroxyl groups is 2. The molecule has 0 spiro atoms. The summed E-state index contributed by atoms with van der Waals surface area (Å²) in [5, 5.41) is 23.4. The van der Waals surface area contributed by atoms with Gasteiger partial charge in [-0.25, -0.2) is 4.79 Å². The first kappa shape index (κ1) is 21.8. The summed E-state index contributed by atoms with van der Waals surface area (Å²) in [6, 6.07) is 16.4. The Balaban J connectivity index is 1.83. The number of carbonyl (C=O) groups is 1. The molecule has 7 heteroatoms. The Morgan fingerprint density at radius 1 is 0.964 bits per heavy atom. The van der Waals surface area contributed by atoms with Gasteiger partial charge in [0.15, 0.2) is 6.29 Å². The number of hydrogen-bond acceptors (Lipinski definition) is 6. The lowest BCUT2D eigenvalue weighted by Gasteiger charge is -2.24. The highest BCUT2D eigenvalue weighted by molar-refractivity contribution is 5.67. The topological polar surface area (TPSA) is 97.3 Å². The number of aliphatic hydroxyl groups excluding tert-OH is 2. The van der Waals surface area contributed by atoms with Crippen molar-refractivity contribution in [3.8, 4) is 0 Å². The minimum absolute atomic E-state index is 0.153. The maximum atomic E-state index is 11.7. The normalized spacial score (nSPS) is 13.2. The van der Waals surface area contributed by atoms with Crippen molar-refractivity contribution in [1.29, 1.82) is 0 Å². The van der Waals surface area contributed by atoms with E-state index in [1.807, 2.05) is 30.3 Å². The third-order valence-corrected chi connectivity index (χ3v) is 4.28. The number of amides is 1. The predicted molar refractivity (Wildman–Crippen MR) is 103 cm³/mol. The molecule has 0 aliphatic carbocycles. The maximum absolute atomic E-state index is 11.7. The maximum Gasteiger partial charge on any atom is 0.407 e. The molecule has 2 atom stereocenters. The first-order valence-corrected chi connectivity index (χ1v) is 9.02. The Morgan fingerprint density at radius 2 is 1.57 bits per heavy atom. The minimum atomic E-state index is -1.15. The molecule has 2 aromatic rings. The number of alkyl carbamates (subject to hydrolysis) is 1. The molecule has 1 amide bonds. The van der Waals surface area contributed by atoms with Gasteiger partial charge in [-0.05, 0) is 17.5 Å². The molecular formula is C21H27NO6. The SMILES string of the molecule is COC(OC)c1ccccc1C(O)C(O)CCNC(=O)OCc1ccccc1. The summed E-state index contributed by atoms with van der Waals surface area (Å²) in [4.78, 5) is 11.7. The molecule has 2 unspecified atom stereocenters. The highest BCUT2D eigenvalue weighted by Crippen LogP contribution is 2.28. The second kappa shape index (κ2) is 11.4. The summed E-state index contributed by atoms with van der Waals surface area (Å²) in [5.41, 5.74) is 2.03. The van der Waals surface area contributed by atoms with Gasteiger partial charge in [0.2, 0.25) is 0 Å². The molecular weight excluding hydrogens is 362 g/mol. The molecule has 2 aromatic carbocycles. The molecule has 0 saturated carbocycles. The second-order valence-electron chi connectivity index (χ2n) is 6.22. The fourth-order valence-electron chi connectivity index (χ4n) is 2.81. The van der Waals surface area contributed by atoms with Crippen molar-refractivity contribution in [3.05, 3.63) is 71.3 Å². The van der Waals surface area contributed by atoms with E-state index in [1.54, 1.807) is 24.3 Å². The van der Waals surface area contributed by atoms with Crippen LogP contribution in [0.3, 0.4) is 0 Å². The Bertz CT molecular complexity index is 720. The predicted octanol–water partition coefficient (Wildman–Crippen LogP) is 2.69. The second-order valence-corrected chi connectivity index (χ2v) is 6.22. The van der Waals surface area contributed by atoms with E-state index in [4.69, 9.17) is 14.2 Å². The van der Waals surface area contributed by atoms with E-state index in [0.29, 0.717) is 11.1 Å². The van der Waals surface area contributed by atoms with Gasteiger partial charge in [0, 0.05) is 26.3 Å². The molecule has 0 heterocycles. The number of benzene rings is 2. The van der Waals surface area contributed by atoms with Crippen molar-refractivity contribution in [2.75, 3.05) is 20.8 Å². The fraction of sp³-hybridized carbons (Fsp3) is 0.381. The summed E-state index contributed by atoms with van der Waals surface area (Å²) in [7, 11) is 3.00. The Labute approximate surface area is 164 Å². The number of hydrogen-bond donors (Lipinski definition) is 3. The summed E-state index contributed by atoms with van der Waals surface area (Å²) < 4.78 is 15.6. The lowest BCUT2D eigenvalue weighted by Crippen LogP contribution is -2.30. The smallest absolute Gasteiger partial charge is 0.407 e. The van der Waals surface area contributed by atoms with Gasteiger partial charge in [-0.15, -0.1) is 0 Å². The number of carbonyl (C=O) groups excluding carboxylic acids is 1. The van der Waals surface area contributed by atoms with Crippen LogP contribution >= 0.6 is 0 Å². The summed E-state index contributed by atoms with van der Waals surface area (Å²) in [6.45, 7) is 0.326. The Kier molecular flexibility index (Phi) is 8.90. The monoisotopic (exact) mass is 389 g/mol. The zero-order valence-corrected chi connectivity index (χ0v) is 16.1. The molecule has 2 rings (SSSR count). The van der Waals surface area contributed by atoms with Crippen molar-refractivity contribution < 1.29 is 29.2 Å². The number of rotatable bonds is 10. The third-order valence-electron chi connectivity index (χ3n) is 4.28. The molecule has 28 heavy (non-hydrogen) atoms. The first-order chi connectivity index (χ1) is 13.6. The summed E-state index contributed by atoms with van der Waals surface area (Å²) in [6.07, 6.45) is -3.30. The summed E-state index contributed by atoms with van der Waals surface area (Å²) in [5.74, 6) is 0. The van der Waals surface area contributed by atoms with E-state index in [9.17, 15) is 15.0 Å². The molecule has 7 nitrogen and oxygen atoms in total. The third kappa shape index (κ3) is 6.31. The van der Waals surface area contributed by atoms with Crippen LogP contribution in [0.4, 0.5) is 4.79 Å².